The fourth-order valence-electron chi connectivity index (χ4n) is 7.62. The van der Waals surface area contributed by atoms with Gasteiger partial charge in [0.1, 0.15) is 78.9 Å². The number of aliphatic carboxylic acids is 4. The van der Waals surface area contributed by atoms with Crippen LogP contribution in [0.4, 0.5) is 0 Å². The lowest BCUT2D eigenvalue weighted by Crippen LogP contribution is -2.59. The summed E-state index contributed by atoms with van der Waals surface area (Å²) in [6.07, 6.45) is -23.9. The molecule has 0 spiro atoms. The van der Waals surface area contributed by atoms with Crippen LogP contribution in [0.1, 0.15) is 70.6 Å². The number of carbonyl (C=O) groups excluding carboxylic acids is 9. The van der Waals surface area contributed by atoms with Crippen molar-refractivity contribution in [3.8, 4) is 0 Å². The molecule has 0 heterocycles. The van der Waals surface area contributed by atoms with Crippen molar-refractivity contribution < 1.29 is 143 Å². The van der Waals surface area contributed by atoms with Gasteiger partial charge in [-0.25, -0.2) is 4.79 Å². The maximum absolute atomic E-state index is 14.4. The van der Waals surface area contributed by atoms with E-state index in [1.54, 1.807) is 7.05 Å². The molecule has 0 unspecified atom stereocenters. The molecule has 0 aromatic heterocycles. The first-order valence-corrected chi connectivity index (χ1v) is 29.2. The van der Waals surface area contributed by atoms with E-state index in [0.29, 0.717) is 13.2 Å². The number of nitrogens with one attached hydrogen (secondary N) is 10. The van der Waals surface area contributed by atoms with E-state index in [2.05, 4.69) is 55.2 Å². The van der Waals surface area contributed by atoms with Crippen molar-refractivity contribution in [2.45, 2.75) is 162 Å². The highest BCUT2D eigenvalue weighted by molar-refractivity contribution is 7.80. The van der Waals surface area contributed by atoms with Crippen LogP contribution in [0.25, 0.3) is 0 Å². The Morgan fingerprint density at radius 3 is 1.24 bits per heavy atom. The van der Waals surface area contributed by atoms with Crippen LogP contribution in [-0.2, 0) is 71.8 Å². The first kappa shape index (κ1) is 84.9. The summed E-state index contributed by atoms with van der Waals surface area (Å²) in [5, 5.41) is 159. The molecule has 41 heteroatoms. The average molecular weight is 1350 g/mol. The molecule has 0 aromatic rings. The molecule has 15 atom stereocenters. The van der Waals surface area contributed by atoms with Gasteiger partial charge < -0.3 is 140 Å². The standard InChI is InChI=1S/C51H89N11O29S/c1-53-12-14-91-16-15-90-13-11-37(71)57-25(3-2-4-38(72)73)47(84)59-27(6-9-36(70)55-20-32(66)42(79)44(81)34(68)22-64)48(85)60-28(7-10-39(74)75)49(86)58-26(5-8-35(69)54-19-31(65)41(78)43(80)33(67)21-63)46(83)56-18-24(52)45(82)61-29(17-40(76)77)50(87)62-30(23-92)51(88)89/h24-34,41-44,53,63-68,78-81,92H,2-23,52H2,1H3,(H,54,69)(H,55,70)(H,56,83)(H,57,71)(H,58,86)(H,59,84)(H,60,85)(H,61,82)(H,62,87)(H,72,73)(H,74,75)(H,76,77)(H,88,89)/t24-,25+,26+,27+,28+,29-,30-,31-,32-,33+,34+,41+,42+,43+,44+/m0/s1. The van der Waals surface area contributed by atoms with Crippen LogP contribution in [0.3, 0.4) is 0 Å². The molecule has 0 aliphatic heterocycles. The Morgan fingerprint density at radius 2 is 0.815 bits per heavy atom. The van der Waals surface area contributed by atoms with Gasteiger partial charge in [0, 0.05) is 64.0 Å². The molecule has 528 valence electrons. The molecule has 40 nitrogen and oxygen atoms in total. The number of ether oxygens (including phenoxy) is 2. The molecule has 0 radical (unpaired) electrons. The van der Waals surface area contributed by atoms with Crippen LogP contribution in [0.2, 0.25) is 0 Å². The molecule has 92 heavy (non-hydrogen) atoms. The fourth-order valence-corrected chi connectivity index (χ4v) is 7.87. The maximum Gasteiger partial charge on any atom is 0.327 e. The van der Waals surface area contributed by atoms with Crippen LogP contribution >= 0.6 is 12.6 Å². The molecule has 0 saturated heterocycles. The van der Waals surface area contributed by atoms with Crippen molar-refractivity contribution in [3.63, 3.8) is 0 Å². The SMILES string of the molecule is CNCCOCCOCCC(=O)N[C@H](CCCC(=O)O)C(=O)N[C@H](CCC(=O)NC[C@H](O)[C@@H](O)[C@H](O)[C@H](O)CO)C(=O)N[C@H](CCC(=O)O)C(=O)N[C@H](CCC(=O)NC[C@H](O)[C@@H](O)[C@H](O)[C@H](O)CO)C(=O)NC[C@H](N)C(=O)N[C@@H](CC(=O)O)C(=O)N[C@@H](CS)C(=O)O. The summed E-state index contributed by atoms with van der Waals surface area (Å²) in [7, 11) is 1.71. The van der Waals surface area contributed by atoms with Crippen LogP contribution in [0.5, 0.6) is 0 Å². The van der Waals surface area contributed by atoms with Gasteiger partial charge in [-0.1, -0.05) is 0 Å². The van der Waals surface area contributed by atoms with Gasteiger partial charge in [0.05, 0.1) is 58.3 Å². The zero-order valence-corrected chi connectivity index (χ0v) is 51.0. The predicted molar refractivity (Wildman–Crippen MR) is 312 cm³/mol. The second-order valence-corrected chi connectivity index (χ2v) is 20.8. The molecule has 0 fully saturated rings. The van der Waals surface area contributed by atoms with E-state index in [1.807, 2.05) is 10.6 Å². The molecular formula is C51H89N11O29S. The molecule has 9 amide bonds. The molecule has 26 N–H and O–H groups in total. The number of likely N-dealkylation sites (N-methyl/N-ethyl adjacent to an activating group) is 1. The third-order valence-corrected chi connectivity index (χ3v) is 13.4. The van der Waals surface area contributed by atoms with Gasteiger partial charge in [-0.15, -0.1) is 0 Å². The predicted octanol–water partition coefficient (Wildman–Crippen LogP) is -12.7. The highest BCUT2D eigenvalue weighted by atomic mass is 32.1. The van der Waals surface area contributed by atoms with Crippen molar-refractivity contribution in [2.24, 2.45) is 5.73 Å². The Hall–Kier alpha value is -7.10. The maximum atomic E-state index is 14.4. The van der Waals surface area contributed by atoms with Gasteiger partial charge in [-0.3, -0.25) is 57.5 Å². The minimum absolute atomic E-state index is 0.0669. The summed E-state index contributed by atoms with van der Waals surface area (Å²) in [6.45, 7) is -3.74. The molecule has 0 rings (SSSR count). The number of carbonyl (C=O) groups is 13. The summed E-state index contributed by atoms with van der Waals surface area (Å²) in [4.78, 5) is 168. The van der Waals surface area contributed by atoms with Crippen LogP contribution in [0, 0.1) is 0 Å². The minimum Gasteiger partial charge on any atom is -0.481 e. The highest BCUT2D eigenvalue weighted by Crippen LogP contribution is 2.11. The van der Waals surface area contributed by atoms with E-state index in [0.717, 1.165) is 0 Å². The summed E-state index contributed by atoms with van der Waals surface area (Å²) in [5.41, 5.74) is 5.94. The monoisotopic (exact) mass is 1350 g/mol. The lowest BCUT2D eigenvalue weighted by Gasteiger charge is -2.27. The van der Waals surface area contributed by atoms with E-state index >= 15 is 0 Å². The second-order valence-electron chi connectivity index (χ2n) is 20.5. The third kappa shape index (κ3) is 35.6. The van der Waals surface area contributed by atoms with E-state index in [4.69, 9.17) is 25.4 Å². The number of thiol groups is 1. The summed E-state index contributed by atoms with van der Waals surface area (Å²) in [5.74, 6) is -17.4. The first-order chi connectivity index (χ1) is 43.2. The van der Waals surface area contributed by atoms with Crippen molar-refractivity contribution in [1.29, 1.82) is 0 Å². The number of aliphatic hydroxyl groups excluding tert-OH is 10. The number of hydrogen-bond donors (Lipinski definition) is 26. The van der Waals surface area contributed by atoms with Gasteiger partial charge in [-0.05, 0) is 39.2 Å². The quantitative estimate of drug-likeness (QED) is 0.0199. The Kier molecular flexibility index (Phi) is 43.3. The number of amides is 9. The molecule has 0 saturated carbocycles. The van der Waals surface area contributed by atoms with E-state index in [1.165, 1.54) is 0 Å². The van der Waals surface area contributed by atoms with E-state index < -0.39 is 258 Å². The number of nitrogens with two attached hydrogens (primary N) is 1. The Bertz CT molecular complexity index is 2370. The lowest BCUT2D eigenvalue weighted by atomic mass is 10.0. The zero-order chi connectivity index (χ0) is 70.2. The largest absolute Gasteiger partial charge is 0.481 e. The van der Waals surface area contributed by atoms with Gasteiger partial charge in [-0.2, -0.15) is 12.6 Å². The zero-order valence-electron chi connectivity index (χ0n) is 50.1. The fraction of sp³-hybridized carbons (Fsp3) is 0.745. The molecule has 0 aliphatic rings. The minimum atomic E-state index is -2.15. The van der Waals surface area contributed by atoms with Crippen molar-refractivity contribution >= 4 is 89.7 Å². The first-order valence-electron chi connectivity index (χ1n) is 28.6. The lowest BCUT2D eigenvalue weighted by molar-refractivity contribution is -0.143. The topological polar surface area (TPSA) is 670 Å². The number of rotatable bonds is 52. The Labute approximate surface area is 530 Å². The number of carboxylic acids is 4. The number of aliphatic hydroxyl groups is 10. The smallest absolute Gasteiger partial charge is 0.327 e. The van der Waals surface area contributed by atoms with E-state index in [9.17, 15) is 124 Å². The van der Waals surface area contributed by atoms with Crippen LogP contribution < -0.4 is 58.9 Å². The average Bonchev–Trinajstić information content (AvgIpc) is 1.19. The number of hydrogen-bond acceptors (Lipinski definition) is 28. The molecular weight excluding hydrogens is 1260 g/mol. The van der Waals surface area contributed by atoms with E-state index in [-0.39, 0.29) is 39.1 Å². The van der Waals surface area contributed by atoms with Gasteiger partial charge in [0.2, 0.25) is 53.2 Å². The molecule has 0 aromatic carbocycles. The van der Waals surface area contributed by atoms with Crippen LogP contribution in [-0.4, -0.2) is 318 Å². The summed E-state index contributed by atoms with van der Waals surface area (Å²) in [6, 6.07) is -13.1. The molecule has 0 bridgehead atoms. The third-order valence-electron chi connectivity index (χ3n) is 13.1. The highest BCUT2D eigenvalue weighted by Gasteiger charge is 2.36. The molecule has 0 aliphatic carbocycles. The van der Waals surface area contributed by atoms with Gasteiger partial charge >= 0.3 is 23.9 Å². The van der Waals surface area contributed by atoms with Gasteiger partial charge in [0.15, 0.2) is 0 Å². The Morgan fingerprint density at radius 1 is 0.413 bits per heavy atom. The Balaban J connectivity index is 7.24. The van der Waals surface area contributed by atoms with Gasteiger partial charge in [0.25, 0.3) is 0 Å². The van der Waals surface area contributed by atoms with Crippen LogP contribution in [0.15, 0.2) is 0 Å². The second kappa shape index (κ2) is 46.9. The van der Waals surface area contributed by atoms with Crippen molar-refractivity contribution in [2.75, 3.05) is 78.6 Å². The van der Waals surface area contributed by atoms with Crippen molar-refractivity contribution in [3.05, 3.63) is 0 Å². The summed E-state index contributed by atoms with van der Waals surface area (Å²) >= 11 is 3.80. The normalized spacial score (nSPS) is 16.2. The van der Waals surface area contributed by atoms with Crippen molar-refractivity contribution in [1.82, 2.24) is 53.2 Å². The number of carboxylic acid groups (broad SMARTS) is 4. The summed E-state index contributed by atoms with van der Waals surface area (Å²) < 4.78 is 10.7.